The van der Waals surface area contributed by atoms with Crippen LogP contribution in [0.2, 0.25) is 0 Å². The van der Waals surface area contributed by atoms with Crippen LogP contribution in [0.1, 0.15) is 24.2 Å². The largest absolute Gasteiger partial charge is 0.465 e. The van der Waals surface area contributed by atoms with E-state index in [0.29, 0.717) is 17.9 Å². The normalized spacial score (nSPS) is 12.3. The molecule has 2 N–H and O–H groups in total. The quantitative estimate of drug-likeness (QED) is 0.756. The van der Waals surface area contributed by atoms with Crippen LogP contribution in [0.15, 0.2) is 18.3 Å². The number of anilines is 1. The van der Waals surface area contributed by atoms with Crippen LogP contribution >= 0.6 is 0 Å². The third-order valence-corrected chi connectivity index (χ3v) is 2.44. The number of esters is 1. The highest BCUT2D eigenvalue weighted by Gasteiger charge is 2.10. The molecule has 17 heavy (non-hydrogen) atoms. The SMILES string of the molecule is COC(=O)c1ccnc(NCC(O)C(C)C)c1. The zero-order chi connectivity index (χ0) is 12.8. The number of aliphatic hydroxyl groups is 1. The lowest BCUT2D eigenvalue weighted by molar-refractivity contribution is 0.0600. The van der Waals surface area contributed by atoms with Gasteiger partial charge in [-0.05, 0) is 18.1 Å². The Morgan fingerprint density at radius 3 is 2.88 bits per heavy atom. The second kappa shape index (κ2) is 6.20. The zero-order valence-electron chi connectivity index (χ0n) is 10.3. The van der Waals surface area contributed by atoms with Gasteiger partial charge in [0.15, 0.2) is 0 Å². The van der Waals surface area contributed by atoms with E-state index in [1.54, 1.807) is 12.1 Å². The van der Waals surface area contributed by atoms with Gasteiger partial charge in [-0.2, -0.15) is 0 Å². The van der Waals surface area contributed by atoms with E-state index >= 15 is 0 Å². The Kier molecular flexibility index (Phi) is 4.90. The molecule has 1 unspecified atom stereocenters. The maximum absolute atomic E-state index is 11.3. The Bertz CT molecular complexity index is 380. The third kappa shape index (κ3) is 4.03. The summed E-state index contributed by atoms with van der Waals surface area (Å²) in [5.41, 5.74) is 0.434. The van der Waals surface area contributed by atoms with Crippen LogP contribution in [0, 0.1) is 5.92 Å². The predicted octanol–water partition coefficient (Wildman–Crippen LogP) is 1.30. The molecule has 0 fully saturated rings. The summed E-state index contributed by atoms with van der Waals surface area (Å²) in [6.07, 6.45) is 1.08. The molecular formula is C12H18N2O3. The number of aromatic nitrogens is 1. The number of nitrogens with one attached hydrogen (secondary N) is 1. The van der Waals surface area contributed by atoms with Gasteiger partial charge in [-0.25, -0.2) is 9.78 Å². The van der Waals surface area contributed by atoms with Gasteiger partial charge in [0, 0.05) is 12.7 Å². The first kappa shape index (κ1) is 13.4. The summed E-state index contributed by atoms with van der Waals surface area (Å²) in [5, 5.41) is 12.6. The Balaban J connectivity index is 2.63. The lowest BCUT2D eigenvalue weighted by atomic mass is 10.1. The van der Waals surface area contributed by atoms with E-state index in [4.69, 9.17) is 0 Å². The molecule has 5 heteroatoms. The molecule has 0 bridgehead atoms. The van der Waals surface area contributed by atoms with E-state index in [1.165, 1.54) is 13.3 Å². The molecule has 1 aromatic rings. The number of pyridine rings is 1. The van der Waals surface area contributed by atoms with E-state index in [2.05, 4.69) is 15.0 Å². The lowest BCUT2D eigenvalue weighted by Gasteiger charge is -2.15. The van der Waals surface area contributed by atoms with Crippen LogP contribution in [-0.2, 0) is 4.74 Å². The molecule has 1 rings (SSSR count). The first-order chi connectivity index (χ1) is 8.04. The predicted molar refractivity (Wildman–Crippen MR) is 64.9 cm³/mol. The van der Waals surface area contributed by atoms with Crippen molar-refractivity contribution in [3.63, 3.8) is 0 Å². The molecule has 0 aromatic carbocycles. The van der Waals surface area contributed by atoms with Crippen LogP contribution in [0.5, 0.6) is 0 Å². The summed E-state index contributed by atoms with van der Waals surface area (Å²) in [4.78, 5) is 15.3. The molecule has 5 nitrogen and oxygen atoms in total. The number of hydrogen-bond acceptors (Lipinski definition) is 5. The Hall–Kier alpha value is -1.62. The molecular weight excluding hydrogens is 220 g/mol. The van der Waals surface area contributed by atoms with Crippen LogP contribution in [0.25, 0.3) is 0 Å². The Labute approximate surface area is 101 Å². The summed E-state index contributed by atoms with van der Waals surface area (Å²) >= 11 is 0. The van der Waals surface area contributed by atoms with Gasteiger partial charge in [-0.1, -0.05) is 13.8 Å². The average molecular weight is 238 g/mol. The van der Waals surface area contributed by atoms with Gasteiger partial charge in [-0.3, -0.25) is 0 Å². The third-order valence-electron chi connectivity index (χ3n) is 2.44. The van der Waals surface area contributed by atoms with Crippen molar-refractivity contribution in [1.29, 1.82) is 0 Å². The molecule has 0 spiro atoms. The molecule has 0 aliphatic rings. The monoisotopic (exact) mass is 238 g/mol. The molecule has 0 amide bonds. The van der Waals surface area contributed by atoms with Crippen LogP contribution < -0.4 is 5.32 Å². The van der Waals surface area contributed by atoms with Crippen LogP contribution in [0.3, 0.4) is 0 Å². The molecule has 0 radical (unpaired) electrons. The minimum atomic E-state index is -0.446. The van der Waals surface area contributed by atoms with Crippen molar-refractivity contribution < 1.29 is 14.6 Å². The summed E-state index contributed by atoms with van der Waals surface area (Å²) in [5.74, 6) is 0.318. The van der Waals surface area contributed by atoms with E-state index in [9.17, 15) is 9.90 Å². The molecule has 94 valence electrons. The molecule has 0 aliphatic heterocycles. The van der Waals surface area contributed by atoms with Gasteiger partial charge in [-0.15, -0.1) is 0 Å². The smallest absolute Gasteiger partial charge is 0.338 e. The van der Waals surface area contributed by atoms with Crippen molar-refractivity contribution in [1.82, 2.24) is 4.98 Å². The second-order valence-electron chi connectivity index (χ2n) is 4.11. The number of nitrogens with zero attached hydrogens (tertiary/aromatic N) is 1. The maximum atomic E-state index is 11.3. The second-order valence-corrected chi connectivity index (χ2v) is 4.11. The van der Waals surface area contributed by atoms with Gasteiger partial charge >= 0.3 is 5.97 Å². The van der Waals surface area contributed by atoms with E-state index < -0.39 is 12.1 Å². The Morgan fingerprint density at radius 1 is 1.59 bits per heavy atom. The highest BCUT2D eigenvalue weighted by molar-refractivity contribution is 5.89. The number of hydrogen-bond donors (Lipinski definition) is 2. The van der Waals surface area contributed by atoms with E-state index in [-0.39, 0.29) is 5.92 Å². The van der Waals surface area contributed by atoms with Gasteiger partial charge in [0.2, 0.25) is 0 Å². The molecule has 0 saturated carbocycles. The fourth-order valence-corrected chi connectivity index (χ4v) is 1.22. The van der Waals surface area contributed by atoms with E-state index in [1.807, 2.05) is 13.8 Å². The molecule has 1 atom stereocenters. The van der Waals surface area contributed by atoms with Gasteiger partial charge < -0.3 is 15.2 Å². The van der Waals surface area contributed by atoms with Crippen molar-refractivity contribution >= 4 is 11.8 Å². The summed E-state index contributed by atoms with van der Waals surface area (Å²) in [6.45, 7) is 4.27. The van der Waals surface area contributed by atoms with Crippen molar-refractivity contribution in [2.45, 2.75) is 20.0 Å². The lowest BCUT2D eigenvalue weighted by Crippen LogP contribution is -2.25. The average Bonchev–Trinajstić information content (AvgIpc) is 2.35. The maximum Gasteiger partial charge on any atom is 0.338 e. The van der Waals surface area contributed by atoms with Crippen molar-refractivity contribution in [2.24, 2.45) is 5.92 Å². The molecule has 1 heterocycles. The zero-order valence-corrected chi connectivity index (χ0v) is 10.3. The molecule has 0 aliphatic carbocycles. The summed E-state index contributed by atoms with van der Waals surface area (Å²) in [6, 6.07) is 3.18. The van der Waals surface area contributed by atoms with Crippen molar-refractivity contribution in [2.75, 3.05) is 19.0 Å². The standard InChI is InChI=1S/C12H18N2O3/c1-8(2)10(15)7-14-11-6-9(4-5-13-11)12(16)17-3/h4-6,8,10,15H,7H2,1-3H3,(H,13,14). The van der Waals surface area contributed by atoms with Crippen molar-refractivity contribution in [3.8, 4) is 0 Å². The summed E-state index contributed by atoms with van der Waals surface area (Å²) in [7, 11) is 1.33. The number of aliphatic hydroxyl groups excluding tert-OH is 1. The fraction of sp³-hybridized carbons (Fsp3) is 0.500. The fourth-order valence-electron chi connectivity index (χ4n) is 1.22. The minimum Gasteiger partial charge on any atom is -0.465 e. The van der Waals surface area contributed by atoms with Gasteiger partial charge in [0.1, 0.15) is 5.82 Å². The topological polar surface area (TPSA) is 71.5 Å². The highest BCUT2D eigenvalue weighted by atomic mass is 16.5. The van der Waals surface area contributed by atoms with Crippen LogP contribution in [0.4, 0.5) is 5.82 Å². The summed E-state index contributed by atoms with van der Waals surface area (Å²) < 4.78 is 4.61. The highest BCUT2D eigenvalue weighted by Crippen LogP contribution is 2.09. The van der Waals surface area contributed by atoms with Gasteiger partial charge in [0.05, 0.1) is 18.8 Å². The van der Waals surface area contributed by atoms with E-state index in [0.717, 1.165) is 0 Å². The number of ether oxygens (including phenoxy) is 1. The van der Waals surface area contributed by atoms with Gasteiger partial charge in [0.25, 0.3) is 0 Å². The number of rotatable bonds is 5. The number of methoxy groups -OCH3 is 1. The molecule has 1 aromatic heterocycles. The Morgan fingerprint density at radius 2 is 2.29 bits per heavy atom. The number of carbonyl (C=O) groups is 1. The van der Waals surface area contributed by atoms with Crippen LogP contribution in [-0.4, -0.2) is 35.8 Å². The van der Waals surface area contributed by atoms with Crippen molar-refractivity contribution in [3.05, 3.63) is 23.9 Å². The molecule has 0 saturated heterocycles. The first-order valence-corrected chi connectivity index (χ1v) is 5.51. The number of carbonyl (C=O) groups excluding carboxylic acids is 1. The first-order valence-electron chi connectivity index (χ1n) is 5.51. The minimum absolute atomic E-state index is 0.172.